The zero-order valence-electron chi connectivity index (χ0n) is 19.4. The van der Waals surface area contributed by atoms with Gasteiger partial charge in [-0.15, -0.1) is 0 Å². The molecule has 0 spiro atoms. The maximum absolute atomic E-state index is 6.25. The second-order valence-corrected chi connectivity index (χ2v) is 9.23. The molecule has 0 bridgehead atoms. The summed E-state index contributed by atoms with van der Waals surface area (Å²) < 4.78 is 12.0. The third kappa shape index (κ3) is 3.59. The molecule has 0 amide bonds. The van der Waals surface area contributed by atoms with Crippen molar-refractivity contribution < 1.29 is 9.47 Å². The number of methoxy groups -OCH3 is 1. The number of ether oxygens (including phenoxy) is 2. The Morgan fingerprint density at radius 1 is 1.00 bits per heavy atom. The second kappa shape index (κ2) is 8.27. The van der Waals surface area contributed by atoms with Crippen LogP contribution in [0.5, 0.6) is 11.5 Å². The summed E-state index contributed by atoms with van der Waals surface area (Å²) in [5.74, 6) is 1.67. The van der Waals surface area contributed by atoms with E-state index in [9.17, 15) is 0 Å². The number of aromatic amines is 1. The fraction of sp³-hybridized carbons (Fsp3) is 0.310. The van der Waals surface area contributed by atoms with Crippen molar-refractivity contribution in [3.8, 4) is 11.5 Å². The van der Waals surface area contributed by atoms with Crippen molar-refractivity contribution >= 4 is 10.9 Å². The van der Waals surface area contributed by atoms with Crippen molar-refractivity contribution in [1.29, 1.82) is 0 Å². The van der Waals surface area contributed by atoms with Gasteiger partial charge in [0.15, 0.2) is 11.5 Å². The molecule has 168 valence electrons. The number of para-hydroxylation sites is 1. The molecule has 4 heteroatoms. The van der Waals surface area contributed by atoms with Gasteiger partial charge in [-0.25, -0.2) is 0 Å². The highest BCUT2D eigenvalue weighted by molar-refractivity contribution is 5.85. The molecular formula is C29H30N2O2. The monoisotopic (exact) mass is 438 g/mol. The van der Waals surface area contributed by atoms with Gasteiger partial charge in [0, 0.05) is 35.7 Å². The summed E-state index contributed by atoms with van der Waals surface area (Å²) in [6.45, 7) is 4.77. The summed E-state index contributed by atoms with van der Waals surface area (Å²) in [6, 6.07) is 22.2. The predicted molar refractivity (Wildman–Crippen MR) is 132 cm³/mol. The molecule has 0 saturated heterocycles. The van der Waals surface area contributed by atoms with Crippen LogP contribution in [0, 0.1) is 0 Å². The lowest BCUT2D eigenvalue weighted by atomic mass is 9.85. The van der Waals surface area contributed by atoms with Gasteiger partial charge in [0.25, 0.3) is 0 Å². The zero-order chi connectivity index (χ0) is 22.4. The van der Waals surface area contributed by atoms with E-state index in [1.165, 1.54) is 44.4 Å². The molecule has 2 aliphatic rings. The second-order valence-electron chi connectivity index (χ2n) is 9.23. The molecule has 33 heavy (non-hydrogen) atoms. The number of nitrogens with one attached hydrogen (secondary N) is 1. The molecule has 1 unspecified atom stereocenters. The largest absolute Gasteiger partial charge is 0.493 e. The van der Waals surface area contributed by atoms with E-state index < -0.39 is 0 Å². The van der Waals surface area contributed by atoms with Crippen LogP contribution in [0.25, 0.3) is 10.9 Å². The fourth-order valence-corrected chi connectivity index (χ4v) is 5.51. The molecule has 1 atom stereocenters. The van der Waals surface area contributed by atoms with E-state index in [1.54, 1.807) is 7.11 Å². The highest BCUT2D eigenvalue weighted by atomic mass is 16.5. The number of benzene rings is 3. The van der Waals surface area contributed by atoms with Gasteiger partial charge in [0.1, 0.15) is 6.61 Å². The first-order valence-corrected chi connectivity index (χ1v) is 12.0. The Bertz CT molecular complexity index is 1310. The van der Waals surface area contributed by atoms with Gasteiger partial charge in [0.2, 0.25) is 0 Å². The van der Waals surface area contributed by atoms with E-state index in [1.807, 2.05) is 0 Å². The summed E-state index contributed by atoms with van der Waals surface area (Å²) in [7, 11) is 1.74. The lowest BCUT2D eigenvalue weighted by molar-refractivity contribution is 0.158. The van der Waals surface area contributed by atoms with Gasteiger partial charge in [-0.3, -0.25) is 4.90 Å². The predicted octanol–water partition coefficient (Wildman–Crippen LogP) is 5.97. The lowest BCUT2D eigenvalue weighted by Crippen LogP contribution is -2.39. The van der Waals surface area contributed by atoms with Gasteiger partial charge >= 0.3 is 0 Å². The van der Waals surface area contributed by atoms with Crippen molar-refractivity contribution in [2.24, 2.45) is 0 Å². The Labute approximate surface area is 195 Å². The third-order valence-electron chi connectivity index (χ3n) is 7.38. The van der Waals surface area contributed by atoms with Crippen LogP contribution in [0.3, 0.4) is 0 Å². The van der Waals surface area contributed by atoms with Crippen molar-refractivity contribution in [1.82, 2.24) is 9.88 Å². The van der Waals surface area contributed by atoms with Crippen molar-refractivity contribution in [3.63, 3.8) is 0 Å². The van der Waals surface area contributed by atoms with E-state index in [2.05, 4.69) is 77.5 Å². The molecule has 6 rings (SSSR count). The molecule has 1 aromatic heterocycles. The molecule has 0 fully saturated rings. The minimum Gasteiger partial charge on any atom is -0.493 e. The summed E-state index contributed by atoms with van der Waals surface area (Å²) in [5.41, 5.74) is 9.38. The number of H-pyrrole nitrogens is 1. The van der Waals surface area contributed by atoms with Crippen LogP contribution < -0.4 is 9.47 Å². The number of hydrogen-bond donors (Lipinski definition) is 1. The molecule has 4 nitrogen and oxygen atoms in total. The fourth-order valence-electron chi connectivity index (χ4n) is 5.51. The van der Waals surface area contributed by atoms with Crippen LogP contribution in [0.15, 0.2) is 60.7 Å². The van der Waals surface area contributed by atoms with Crippen LogP contribution in [0.1, 0.15) is 46.5 Å². The molecular weight excluding hydrogens is 408 g/mol. The molecule has 2 aliphatic heterocycles. The topological polar surface area (TPSA) is 37.5 Å². The van der Waals surface area contributed by atoms with Gasteiger partial charge in [-0.2, -0.15) is 0 Å². The molecule has 4 aromatic rings. The Hall–Kier alpha value is -3.24. The maximum atomic E-state index is 6.25. The molecule has 3 aromatic carbocycles. The summed E-state index contributed by atoms with van der Waals surface area (Å²) in [4.78, 5) is 6.26. The van der Waals surface area contributed by atoms with Crippen LogP contribution in [0.4, 0.5) is 0 Å². The maximum Gasteiger partial charge on any atom is 0.161 e. The van der Waals surface area contributed by atoms with E-state index >= 15 is 0 Å². The summed E-state index contributed by atoms with van der Waals surface area (Å²) >= 11 is 0. The average Bonchev–Trinajstić information content (AvgIpc) is 3.23. The normalized spacial score (nSPS) is 17.3. The van der Waals surface area contributed by atoms with Gasteiger partial charge in [0.05, 0.1) is 7.11 Å². The lowest BCUT2D eigenvalue weighted by Gasteiger charge is -2.40. The standard InChI is InChI=1S/C29H30N2O2/c1-3-19-8-10-20(11-9-19)18-33-29-14-21-12-13-31-17-26-24(22-6-4-5-7-25(22)30-26)15-27(31)23(21)16-28(29)32-2/h4-11,14,16,27,30H,3,12-13,15,17-18H2,1-2H3. The highest BCUT2D eigenvalue weighted by Gasteiger charge is 2.34. The Kier molecular flexibility index (Phi) is 5.11. The van der Waals surface area contributed by atoms with Crippen molar-refractivity contribution in [2.45, 2.75) is 45.4 Å². The first kappa shape index (κ1) is 20.4. The van der Waals surface area contributed by atoms with Gasteiger partial charge in [-0.1, -0.05) is 49.4 Å². The van der Waals surface area contributed by atoms with Gasteiger partial charge < -0.3 is 14.5 Å². The van der Waals surface area contributed by atoms with Crippen LogP contribution in [0.2, 0.25) is 0 Å². The molecule has 0 saturated carbocycles. The van der Waals surface area contributed by atoms with Crippen molar-refractivity contribution in [3.05, 3.63) is 94.2 Å². The van der Waals surface area contributed by atoms with Gasteiger partial charge in [-0.05, 0) is 65.3 Å². The van der Waals surface area contributed by atoms with E-state index in [4.69, 9.17) is 9.47 Å². The molecule has 3 heterocycles. The van der Waals surface area contributed by atoms with E-state index in [0.717, 1.165) is 43.9 Å². The van der Waals surface area contributed by atoms with E-state index in [0.29, 0.717) is 12.6 Å². The van der Waals surface area contributed by atoms with Crippen LogP contribution in [-0.2, 0) is 32.4 Å². The highest BCUT2D eigenvalue weighted by Crippen LogP contribution is 2.43. The minimum absolute atomic E-state index is 0.380. The Balaban J connectivity index is 1.29. The van der Waals surface area contributed by atoms with Crippen LogP contribution in [-0.4, -0.2) is 23.5 Å². The SMILES string of the molecule is CCc1ccc(COc2cc3c(cc2OC)C2Cc4c([nH]c5ccccc45)CN2CC3)cc1. The first-order valence-electron chi connectivity index (χ1n) is 12.0. The third-order valence-corrected chi connectivity index (χ3v) is 7.38. The zero-order valence-corrected chi connectivity index (χ0v) is 19.4. The number of rotatable bonds is 5. The van der Waals surface area contributed by atoms with Crippen molar-refractivity contribution in [2.75, 3.05) is 13.7 Å². The molecule has 0 radical (unpaired) electrons. The molecule has 0 aliphatic carbocycles. The number of hydrogen-bond acceptors (Lipinski definition) is 3. The number of nitrogens with zero attached hydrogens (tertiary/aromatic N) is 1. The Morgan fingerprint density at radius 3 is 2.64 bits per heavy atom. The summed E-state index contributed by atoms with van der Waals surface area (Å²) in [5, 5.41) is 1.36. The first-order chi connectivity index (χ1) is 16.2. The summed E-state index contributed by atoms with van der Waals surface area (Å²) in [6.07, 6.45) is 3.12. The average molecular weight is 439 g/mol. The quantitative estimate of drug-likeness (QED) is 0.417. The van der Waals surface area contributed by atoms with Crippen LogP contribution >= 0.6 is 0 Å². The smallest absolute Gasteiger partial charge is 0.161 e. The number of aryl methyl sites for hydroxylation is 1. The number of aromatic nitrogens is 1. The van der Waals surface area contributed by atoms with E-state index in [-0.39, 0.29) is 0 Å². The molecule has 1 N–H and O–H groups in total. The Morgan fingerprint density at radius 2 is 1.82 bits per heavy atom. The minimum atomic E-state index is 0.380. The number of fused-ring (bicyclic) bond motifs is 6.